The number of amides is 2. The van der Waals surface area contributed by atoms with E-state index in [2.05, 4.69) is 34.3 Å². The van der Waals surface area contributed by atoms with Gasteiger partial charge >= 0.3 is 35.0 Å². The molecule has 0 saturated carbocycles. The molecule has 0 spiro atoms. The van der Waals surface area contributed by atoms with Gasteiger partial charge in [0.25, 0.3) is 0 Å². The molecule has 2 amide bonds. The molecule has 11 heteroatoms. The molecule has 0 aromatic carbocycles. The van der Waals surface area contributed by atoms with Gasteiger partial charge in [-0.2, -0.15) is 0 Å². The number of nitrogens with one attached hydrogen (secondary N) is 2. The standard InChI is InChI=1S/2C13H25NO4.Mg/c2*1-2-3-4-5-6-7-8-11-14-12(15)9-10-13(16)18-17;/h2*17H,2-11H2,1H3,(H,14,15);/q;;+2/p-2. The third-order valence-electron chi connectivity index (χ3n) is 5.50. The second-order valence-corrected chi connectivity index (χ2v) is 8.85. The monoisotopic (exact) mass is 540 g/mol. The number of carbonyl (C=O) groups excluding carboxylic acids is 4. The predicted octanol–water partition coefficient (Wildman–Crippen LogP) is 2.52. The molecular weight excluding hydrogens is 493 g/mol. The van der Waals surface area contributed by atoms with Crippen LogP contribution < -0.4 is 21.1 Å². The Hall–Kier alpha value is -1.43. The number of carbonyl (C=O) groups is 4. The topological polar surface area (TPSA) is 157 Å². The molecule has 0 saturated heterocycles. The van der Waals surface area contributed by atoms with Crippen molar-refractivity contribution in [2.75, 3.05) is 13.1 Å². The maximum Gasteiger partial charge on any atom is 2.00 e. The van der Waals surface area contributed by atoms with E-state index in [1.165, 1.54) is 64.2 Å². The molecule has 2 N–H and O–H groups in total. The summed E-state index contributed by atoms with van der Waals surface area (Å²) >= 11 is 0. The largest absolute Gasteiger partial charge is 2.00 e. The van der Waals surface area contributed by atoms with Crippen molar-refractivity contribution < 1.29 is 39.5 Å². The van der Waals surface area contributed by atoms with Crippen LogP contribution >= 0.6 is 0 Å². The van der Waals surface area contributed by atoms with Crippen LogP contribution in [0.15, 0.2) is 0 Å². The molecule has 10 nitrogen and oxygen atoms in total. The van der Waals surface area contributed by atoms with E-state index in [-0.39, 0.29) is 60.6 Å². The van der Waals surface area contributed by atoms with Crippen LogP contribution in [-0.2, 0) is 29.0 Å². The zero-order valence-electron chi connectivity index (χ0n) is 23.1. The molecule has 0 aliphatic rings. The van der Waals surface area contributed by atoms with E-state index in [9.17, 15) is 29.7 Å². The van der Waals surface area contributed by atoms with Gasteiger partial charge in [-0.3, -0.25) is 19.2 Å². The van der Waals surface area contributed by atoms with Crippen molar-refractivity contribution >= 4 is 46.8 Å². The summed E-state index contributed by atoms with van der Waals surface area (Å²) in [4.78, 5) is 49.9. The van der Waals surface area contributed by atoms with Gasteiger partial charge in [-0.1, -0.05) is 90.9 Å². The summed E-state index contributed by atoms with van der Waals surface area (Å²) in [5.41, 5.74) is 0. The smallest absolute Gasteiger partial charge is 0.662 e. The minimum absolute atomic E-state index is 0. The molecule has 0 rings (SSSR count). The van der Waals surface area contributed by atoms with Gasteiger partial charge in [0, 0.05) is 25.9 Å². The fourth-order valence-electron chi connectivity index (χ4n) is 3.31. The second-order valence-electron chi connectivity index (χ2n) is 8.85. The molecule has 37 heavy (non-hydrogen) atoms. The zero-order chi connectivity index (χ0) is 27.3. The number of hydrogen-bond acceptors (Lipinski definition) is 8. The summed E-state index contributed by atoms with van der Waals surface area (Å²) in [5.74, 6) is -2.18. The quantitative estimate of drug-likeness (QED) is 0.0917. The SMILES string of the molecule is CCCCCCCCCNC(=O)CCC(=O)O[O-].CCCCCCCCCNC(=O)CCC(=O)O[O-].[Mg+2]. The van der Waals surface area contributed by atoms with Gasteiger partial charge in [-0.05, 0) is 12.8 Å². The van der Waals surface area contributed by atoms with Crippen molar-refractivity contribution in [2.24, 2.45) is 0 Å². The van der Waals surface area contributed by atoms with Crippen LogP contribution in [0.25, 0.3) is 0 Å². The molecule has 0 aromatic rings. The van der Waals surface area contributed by atoms with Gasteiger partial charge < -0.3 is 30.9 Å². The first-order valence-corrected chi connectivity index (χ1v) is 13.6. The first-order valence-electron chi connectivity index (χ1n) is 13.6. The Kier molecular flexibility index (Phi) is 35.3. The van der Waals surface area contributed by atoms with Crippen LogP contribution in [0.3, 0.4) is 0 Å². The van der Waals surface area contributed by atoms with Gasteiger partial charge in [-0.15, -0.1) is 0 Å². The normalized spacial score (nSPS) is 9.84. The zero-order valence-corrected chi connectivity index (χ0v) is 24.5. The average molecular weight is 541 g/mol. The summed E-state index contributed by atoms with van der Waals surface area (Å²) in [5, 5.41) is 24.8. The summed E-state index contributed by atoms with van der Waals surface area (Å²) < 4.78 is 0. The van der Waals surface area contributed by atoms with Crippen LogP contribution in [0, 0.1) is 0 Å². The van der Waals surface area contributed by atoms with E-state index in [4.69, 9.17) is 0 Å². The molecule has 0 atom stereocenters. The van der Waals surface area contributed by atoms with Crippen molar-refractivity contribution in [1.82, 2.24) is 10.6 Å². The minimum Gasteiger partial charge on any atom is -0.662 e. The van der Waals surface area contributed by atoms with Gasteiger partial charge in [-0.25, -0.2) is 0 Å². The first-order chi connectivity index (χ1) is 17.4. The Morgan fingerprint density at radius 1 is 0.514 bits per heavy atom. The number of unbranched alkanes of at least 4 members (excludes halogenated alkanes) is 12. The fourth-order valence-corrected chi connectivity index (χ4v) is 3.31. The maximum atomic E-state index is 11.2. The fraction of sp³-hybridized carbons (Fsp3) is 0.846. The molecule has 0 aliphatic carbocycles. The van der Waals surface area contributed by atoms with Crippen molar-refractivity contribution in [2.45, 2.75) is 129 Å². The maximum absolute atomic E-state index is 11.2. The van der Waals surface area contributed by atoms with E-state index in [1.54, 1.807) is 0 Å². The van der Waals surface area contributed by atoms with Crippen molar-refractivity contribution in [3.05, 3.63) is 0 Å². The molecule has 0 radical (unpaired) electrons. The van der Waals surface area contributed by atoms with Gasteiger partial charge in [0.1, 0.15) is 0 Å². The molecule has 0 heterocycles. The van der Waals surface area contributed by atoms with E-state index in [0.717, 1.165) is 25.7 Å². The third-order valence-corrected chi connectivity index (χ3v) is 5.50. The molecule has 0 bridgehead atoms. The number of hydrogen-bond donors (Lipinski definition) is 2. The van der Waals surface area contributed by atoms with E-state index < -0.39 is 11.9 Å². The Labute approximate surface area is 239 Å². The first kappa shape index (κ1) is 40.1. The molecule has 0 unspecified atom stereocenters. The van der Waals surface area contributed by atoms with Crippen LogP contribution in [0.4, 0.5) is 0 Å². The Bertz CT molecular complexity index is 517. The Morgan fingerprint density at radius 3 is 1.11 bits per heavy atom. The van der Waals surface area contributed by atoms with E-state index in [1.807, 2.05) is 0 Å². The summed E-state index contributed by atoms with van der Waals surface area (Å²) in [6.45, 7) is 5.66. The molecule has 212 valence electrons. The molecule has 0 fully saturated rings. The van der Waals surface area contributed by atoms with Crippen molar-refractivity contribution in [3.63, 3.8) is 0 Å². The Morgan fingerprint density at radius 2 is 0.811 bits per heavy atom. The van der Waals surface area contributed by atoms with E-state index in [0.29, 0.717) is 13.1 Å². The molecule has 0 aliphatic heterocycles. The van der Waals surface area contributed by atoms with E-state index >= 15 is 0 Å². The van der Waals surface area contributed by atoms with Crippen LogP contribution in [-0.4, -0.2) is 59.9 Å². The Balaban J connectivity index is -0.000000608. The average Bonchev–Trinajstić information content (AvgIpc) is 2.89. The predicted molar refractivity (Wildman–Crippen MR) is 138 cm³/mol. The van der Waals surface area contributed by atoms with Crippen LogP contribution in [0.2, 0.25) is 0 Å². The molecule has 0 aromatic heterocycles. The van der Waals surface area contributed by atoms with Crippen molar-refractivity contribution in [1.29, 1.82) is 0 Å². The van der Waals surface area contributed by atoms with Gasteiger partial charge in [0.15, 0.2) is 0 Å². The summed E-state index contributed by atoms with van der Waals surface area (Å²) in [6, 6.07) is 0. The number of rotatable bonds is 22. The van der Waals surface area contributed by atoms with Crippen molar-refractivity contribution in [3.8, 4) is 0 Å². The summed E-state index contributed by atoms with van der Waals surface area (Å²) in [7, 11) is 0. The van der Waals surface area contributed by atoms with Crippen LogP contribution in [0.5, 0.6) is 0 Å². The third kappa shape index (κ3) is 34.6. The van der Waals surface area contributed by atoms with Gasteiger partial charge in [0.2, 0.25) is 11.8 Å². The van der Waals surface area contributed by atoms with Crippen LogP contribution in [0.1, 0.15) is 129 Å². The van der Waals surface area contributed by atoms with Gasteiger partial charge in [0.05, 0.1) is 12.8 Å². The second kappa shape index (κ2) is 32.6. The summed E-state index contributed by atoms with van der Waals surface area (Å²) in [6.07, 6.45) is 16.5. The minimum atomic E-state index is -0.888. The molecular formula is C26H48MgN2O8.